The Kier molecular flexibility index (Phi) is 10.4. The second-order valence-electron chi connectivity index (χ2n) is 3.54. The van der Waals surface area contributed by atoms with Crippen molar-refractivity contribution in [1.29, 1.82) is 0 Å². The molecule has 0 bridgehead atoms. The predicted molar refractivity (Wildman–Crippen MR) is 59.3 cm³/mol. The average molecular weight is 234 g/mol. The van der Waals surface area contributed by atoms with Crippen LogP contribution < -0.4 is 0 Å². The van der Waals surface area contributed by atoms with Gasteiger partial charge in [0.1, 0.15) is 6.61 Å². The smallest absolute Gasteiger partial charge is 0.308 e. The molecule has 0 radical (unpaired) electrons. The molecule has 16 heavy (non-hydrogen) atoms. The lowest BCUT2D eigenvalue weighted by Gasteiger charge is -2.08. The first-order valence-corrected chi connectivity index (χ1v) is 5.49. The minimum atomic E-state index is -0.194. The molecular formula is C11H22O5. The van der Waals surface area contributed by atoms with Gasteiger partial charge < -0.3 is 18.9 Å². The highest BCUT2D eigenvalue weighted by molar-refractivity contribution is 5.71. The summed E-state index contributed by atoms with van der Waals surface area (Å²) < 4.78 is 20.1. The minimum absolute atomic E-state index is 0.0858. The molecule has 0 aliphatic carbocycles. The van der Waals surface area contributed by atoms with Crippen molar-refractivity contribution in [2.45, 2.75) is 13.8 Å². The van der Waals surface area contributed by atoms with E-state index in [1.54, 1.807) is 21.0 Å². The van der Waals surface area contributed by atoms with Crippen LogP contribution in [0.2, 0.25) is 0 Å². The fourth-order valence-corrected chi connectivity index (χ4v) is 0.832. The van der Waals surface area contributed by atoms with E-state index in [4.69, 9.17) is 18.9 Å². The maximum absolute atomic E-state index is 11.0. The Balaban J connectivity index is 3.07. The van der Waals surface area contributed by atoms with Crippen LogP contribution in [0.1, 0.15) is 13.8 Å². The van der Waals surface area contributed by atoms with E-state index in [0.717, 1.165) is 0 Å². The molecule has 0 atom stereocenters. The first kappa shape index (κ1) is 15.3. The first-order chi connectivity index (χ1) is 7.68. The normalized spacial score (nSPS) is 10.8. The van der Waals surface area contributed by atoms with Gasteiger partial charge in [-0.05, 0) is 0 Å². The number of hydrogen-bond acceptors (Lipinski definition) is 5. The molecular weight excluding hydrogens is 212 g/mol. The zero-order chi connectivity index (χ0) is 12.2. The average Bonchev–Trinajstić information content (AvgIpc) is 2.26. The van der Waals surface area contributed by atoms with E-state index in [9.17, 15) is 4.79 Å². The Bertz CT molecular complexity index is 170. The van der Waals surface area contributed by atoms with Crippen LogP contribution in [0.5, 0.6) is 0 Å². The molecule has 0 aromatic heterocycles. The summed E-state index contributed by atoms with van der Waals surface area (Å²) in [7, 11) is 1.63. The minimum Gasteiger partial charge on any atom is -0.463 e. The number of carbonyl (C=O) groups excluding carboxylic acids is 1. The Labute approximate surface area is 97.0 Å². The molecule has 5 nitrogen and oxygen atoms in total. The Morgan fingerprint density at radius 1 is 0.938 bits per heavy atom. The summed E-state index contributed by atoms with van der Waals surface area (Å²) in [6, 6.07) is 0. The van der Waals surface area contributed by atoms with Gasteiger partial charge in [0.15, 0.2) is 0 Å². The summed E-state index contributed by atoms with van der Waals surface area (Å²) in [4.78, 5) is 11.0. The van der Waals surface area contributed by atoms with Crippen molar-refractivity contribution >= 4 is 5.97 Å². The maximum atomic E-state index is 11.0. The number of carbonyl (C=O) groups is 1. The highest BCUT2D eigenvalue weighted by Crippen LogP contribution is 1.95. The number of ether oxygens (including phenoxy) is 4. The van der Waals surface area contributed by atoms with E-state index >= 15 is 0 Å². The van der Waals surface area contributed by atoms with Crippen LogP contribution in [0.15, 0.2) is 0 Å². The summed E-state index contributed by atoms with van der Waals surface area (Å²) in [6.45, 7) is 6.50. The second-order valence-corrected chi connectivity index (χ2v) is 3.54. The van der Waals surface area contributed by atoms with Gasteiger partial charge in [-0.2, -0.15) is 0 Å². The number of hydrogen-bond donors (Lipinski definition) is 0. The lowest BCUT2D eigenvalue weighted by Crippen LogP contribution is -2.16. The third kappa shape index (κ3) is 9.89. The van der Waals surface area contributed by atoms with Crippen molar-refractivity contribution in [3.05, 3.63) is 0 Å². The van der Waals surface area contributed by atoms with E-state index in [1.165, 1.54) is 0 Å². The van der Waals surface area contributed by atoms with Crippen molar-refractivity contribution in [1.82, 2.24) is 0 Å². The summed E-state index contributed by atoms with van der Waals surface area (Å²) in [5.74, 6) is -0.280. The molecule has 0 aromatic rings. The van der Waals surface area contributed by atoms with Gasteiger partial charge in [-0.3, -0.25) is 4.79 Å². The second kappa shape index (κ2) is 10.9. The molecule has 0 rings (SSSR count). The molecule has 96 valence electrons. The molecule has 0 saturated carbocycles. The van der Waals surface area contributed by atoms with Crippen LogP contribution in [0.4, 0.5) is 0 Å². The third-order valence-corrected chi connectivity index (χ3v) is 1.75. The molecule has 0 aliphatic rings. The molecule has 0 fully saturated rings. The molecule has 0 aromatic carbocycles. The standard InChI is InChI=1S/C11H22O5/c1-10(2)11(12)16-9-8-15-7-6-14-5-4-13-3/h10H,4-9H2,1-3H3. The molecule has 0 N–H and O–H groups in total. The first-order valence-electron chi connectivity index (χ1n) is 5.49. The fraction of sp³-hybridized carbons (Fsp3) is 0.909. The molecule has 0 saturated heterocycles. The highest BCUT2D eigenvalue weighted by Gasteiger charge is 2.06. The van der Waals surface area contributed by atoms with Crippen LogP contribution in [-0.4, -0.2) is 52.7 Å². The molecule has 0 unspecified atom stereocenters. The van der Waals surface area contributed by atoms with Crippen LogP contribution in [0, 0.1) is 5.92 Å². The van der Waals surface area contributed by atoms with Crippen molar-refractivity contribution in [2.24, 2.45) is 5.92 Å². The van der Waals surface area contributed by atoms with Crippen molar-refractivity contribution in [3.63, 3.8) is 0 Å². The van der Waals surface area contributed by atoms with Gasteiger partial charge in [0.2, 0.25) is 0 Å². The number of methoxy groups -OCH3 is 1. The van der Waals surface area contributed by atoms with Gasteiger partial charge in [-0.15, -0.1) is 0 Å². The van der Waals surface area contributed by atoms with Crippen molar-refractivity contribution in [3.8, 4) is 0 Å². The topological polar surface area (TPSA) is 54.0 Å². The fourth-order valence-electron chi connectivity index (χ4n) is 0.832. The van der Waals surface area contributed by atoms with Gasteiger partial charge in [-0.25, -0.2) is 0 Å². The zero-order valence-corrected chi connectivity index (χ0v) is 10.4. The SMILES string of the molecule is COCCOCCOCCOC(=O)C(C)C. The van der Waals surface area contributed by atoms with Crippen LogP contribution >= 0.6 is 0 Å². The molecule has 0 aliphatic heterocycles. The van der Waals surface area contributed by atoms with E-state index in [-0.39, 0.29) is 11.9 Å². The Morgan fingerprint density at radius 2 is 1.44 bits per heavy atom. The highest BCUT2D eigenvalue weighted by atomic mass is 16.6. The lowest BCUT2D eigenvalue weighted by atomic mass is 10.2. The Hall–Kier alpha value is -0.650. The predicted octanol–water partition coefficient (Wildman–Crippen LogP) is 0.865. The summed E-state index contributed by atoms with van der Waals surface area (Å²) in [5.41, 5.74) is 0. The van der Waals surface area contributed by atoms with Gasteiger partial charge in [0.05, 0.1) is 39.0 Å². The quantitative estimate of drug-likeness (QED) is 0.414. The van der Waals surface area contributed by atoms with Crippen LogP contribution in [0.3, 0.4) is 0 Å². The molecule has 0 heterocycles. The molecule has 5 heteroatoms. The van der Waals surface area contributed by atoms with Crippen LogP contribution in [0.25, 0.3) is 0 Å². The van der Waals surface area contributed by atoms with Gasteiger partial charge >= 0.3 is 5.97 Å². The van der Waals surface area contributed by atoms with Crippen molar-refractivity contribution in [2.75, 3.05) is 46.8 Å². The van der Waals surface area contributed by atoms with E-state index in [2.05, 4.69) is 0 Å². The number of rotatable bonds is 10. The molecule has 0 amide bonds. The lowest BCUT2D eigenvalue weighted by molar-refractivity contribution is -0.149. The van der Waals surface area contributed by atoms with E-state index < -0.39 is 0 Å². The maximum Gasteiger partial charge on any atom is 0.308 e. The number of esters is 1. The summed E-state index contributed by atoms with van der Waals surface area (Å²) in [5, 5.41) is 0. The van der Waals surface area contributed by atoms with Crippen LogP contribution in [-0.2, 0) is 23.7 Å². The van der Waals surface area contributed by atoms with E-state index in [0.29, 0.717) is 39.6 Å². The molecule has 0 spiro atoms. The summed E-state index contributed by atoms with van der Waals surface area (Å²) in [6.07, 6.45) is 0. The Morgan fingerprint density at radius 3 is 1.94 bits per heavy atom. The van der Waals surface area contributed by atoms with Gasteiger partial charge in [-0.1, -0.05) is 13.8 Å². The zero-order valence-electron chi connectivity index (χ0n) is 10.4. The summed E-state index contributed by atoms with van der Waals surface area (Å²) >= 11 is 0. The van der Waals surface area contributed by atoms with Gasteiger partial charge in [0.25, 0.3) is 0 Å². The van der Waals surface area contributed by atoms with Crippen molar-refractivity contribution < 1.29 is 23.7 Å². The third-order valence-electron chi connectivity index (χ3n) is 1.75. The largest absolute Gasteiger partial charge is 0.463 e. The van der Waals surface area contributed by atoms with Gasteiger partial charge in [0, 0.05) is 7.11 Å². The van der Waals surface area contributed by atoms with E-state index in [1.807, 2.05) is 0 Å². The monoisotopic (exact) mass is 234 g/mol.